The van der Waals surface area contributed by atoms with Crippen LogP contribution < -0.4 is 9.47 Å². The fraction of sp³-hybridized carbons (Fsp3) is 0.462. The number of ether oxygens (including phenoxy) is 2. The zero-order chi connectivity index (χ0) is 13.0. The molecule has 5 heteroatoms. The molecule has 18 heavy (non-hydrogen) atoms. The van der Waals surface area contributed by atoms with Crippen molar-refractivity contribution in [1.29, 1.82) is 0 Å². The summed E-state index contributed by atoms with van der Waals surface area (Å²) in [5, 5.41) is 8.63. The van der Waals surface area contributed by atoms with E-state index in [4.69, 9.17) is 14.6 Å². The normalized spacial score (nSPS) is 14.1. The van der Waals surface area contributed by atoms with Gasteiger partial charge in [0.2, 0.25) is 0 Å². The lowest BCUT2D eigenvalue weighted by Crippen LogP contribution is -1.98. The Bertz CT molecular complexity index is 445. The van der Waals surface area contributed by atoms with Crippen molar-refractivity contribution in [3.8, 4) is 11.5 Å². The average molecular weight is 315 g/mol. The zero-order valence-corrected chi connectivity index (χ0v) is 11.5. The predicted octanol–water partition coefficient (Wildman–Crippen LogP) is 3.02. The molecule has 4 nitrogen and oxygen atoms in total. The highest BCUT2D eigenvalue weighted by Gasteiger charge is 2.13. The number of fused-ring (bicyclic) bond motifs is 1. The molecule has 1 aliphatic heterocycles. The van der Waals surface area contributed by atoms with Crippen LogP contribution in [0.2, 0.25) is 0 Å². The van der Waals surface area contributed by atoms with Crippen LogP contribution in [0.1, 0.15) is 24.8 Å². The maximum Gasteiger partial charge on any atom is 0.303 e. The first-order chi connectivity index (χ1) is 8.66. The molecule has 0 aromatic heterocycles. The molecule has 1 heterocycles. The van der Waals surface area contributed by atoms with Crippen LogP contribution in [0.4, 0.5) is 0 Å². The Morgan fingerprint density at radius 2 is 1.94 bits per heavy atom. The Morgan fingerprint density at radius 3 is 2.61 bits per heavy atom. The van der Waals surface area contributed by atoms with Gasteiger partial charge in [-0.25, -0.2) is 0 Å². The van der Waals surface area contributed by atoms with Gasteiger partial charge in [-0.2, -0.15) is 0 Å². The first-order valence-electron chi connectivity index (χ1n) is 5.96. The molecule has 0 radical (unpaired) electrons. The van der Waals surface area contributed by atoms with Crippen molar-refractivity contribution in [3.63, 3.8) is 0 Å². The molecule has 1 N–H and O–H groups in total. The molecule has 1 aromatic rings. The van der Waals surface area contributed by atoms with Gasteiger partial charge in [0.15, 0.2) is 11.5 Å². The Balaban J connectivity index is 2.11. The second-order valence-corrected chi connectivity index (χ2v) is 5.04. The van der Waals surface area contributed by atoms with Crippen LogP contribution in [0.15, 0.2) is 16.6 Å². The maximum atomic E-state index is 10.5. The van der Waals surface area contributed by atoms with Crippen LogP contribution in [-0.2, 0) is 11.2 Å². The number of carboxylic acid groups (broad SMARTS) is 1. The van der Waals surface area contributed by atoms with Gasteiger partial charge in [-0.05, 0) is 30.5 Å². The molecule has 0 spiro atoms. The summed E-state index contributed by atoms with van der Waals surface area (Å²) >= 11 is 3.49. The van der Waals surface area contributed by atoms with Crippen molar-refractivity contribution in [2.24, 2.45) is 0 Å². The Hall–Kier alpha value is -1.23. The lowest BCUT2D eigenvalue weighted by atomic mass is 10.1. The number of aliphatic carboxylic acids is 1. The van der Waals surface area contributed by atoms with E-state index in [-0.39, 0.29) is 6.42 Å². The first kappa shape index (κ1) is 13.2. The summed E-state index contributed by atoms with van der Waals surface area (Å²) in [4.78, 5) is 10.5. The van der Waals surface area contributed by atoms with Crippen LogP contribution in [0.25, 0.3) is 0 Å². The van der Waals surface area contributed by atoms with Crippen LogP contribution in [0, 0.1) is 0 Å². The SMILES string of the molecule is O=C(O)CCCc1cc2c(cc1Br)OCCCO2. The lowest BCUT2D eigenvalue weighted by molar-refractivity contribution is -0.137. The number of benzene rings is 1. The molecular formula is C13H15BrO4. The minimum atomic E-state index is -0.763. The van der Waals surface area contributed by atoms with Crippen molar-refractivity contribution in [1.82, 2.24) is 0 Å². The smallest absolute Gasteiger partial charge is 0.303 e. The molecule has 1 aliphatic rings. The zero-order valence-electron chi connectivity index (χ0n) is 9.95. The molecule has 0 unspecified atom stereocenters. The quantitative estimate of drug-likeness (QED) is 0.928. The molecule has 0 atom stereocenters. The Kier molecular flexibility index (Phi) is 4.47. The summed E-state index contributed by atoms with van der Waals surface area (Å²) < 4.78 is 12.1. The van der Waals surface area contributed by atoms with Crippen molar-refractivity contribution in [2.45, 2.75) is 25.7 Å². The third-order valence-corrected chi connectivity index (χ3v) is 3.49. The largest absolute Gasteiger partial charge is 0.490 e. The minimum absolute atomic E-state index is 0.181. The molecule has 0 bridgehead atoms. The highest BCUT2D eigenvalue weighted by molar-refractivity contribution is 9.10. The van der Waals surface area contributed by atoms with Crippen molar-refractivity contribution < 1.29 is 19.4 Å². The van der Waals surface area contributed by atoms with Gasteiger partial charge in [-0.3, -0.25) is 4.79 Å². The van der Waals surface area contributed by atoms with E-state index in [1.807, 2.05) is 12.1 Å². The van der Waals surface area contributed by atoms with E-state index < -0.39 is 5.97 Å². The van der Waals surface area contributed by atoms with E-state index in [2.05, 4.69) is 15.9 Å². The van der Waals surface area contributed by atoms with E-state index in [1.54, 1.807) is 0 Å². The van der Waals surface area contributed by atoms with Crippen LogP contribution in [0.5, 0.6) is 11.5 Å². The fourth-order valence-electron chi connectivity index (χ4n) is 1.85. The third kappa shape index (κ3) is 3.38. The second kappa shape index (κ2) is 6.09. The lowest BCUT2D eigenvalue weighted by Gasteiger charge is -2.11. The number of hydrogen-bond acceptors (Lipinski definition) is 3. The van der Waals surface area contributed by atoms with Crippen LogP contribution in [-0.4, -0.2) is 24.3 Å². The van der Waals surface area contributed by atoms with Gasteiger partial charge in [0.05, 0.1) is 13.2 Å². The van der Waals surface area contributed by atoms with Gasteiger partial charge in [-0.15, -0.1) is 0 Å². The van der Waals surface area contributed by atoms with E-state index in [1.165, 1.54) is 0 Å². The average Bonchev–Trinajstić information content (AvgIpc) is 2.53. The number of carbonyl (C=O) groups is 1. The van der Waals surface area contributed by atoms with E-state index >= 15 is 0 Å². The van der Waals surface area contributed by atoms with Crippen molar-refractivity contribution in [2.75, 3.05) is 13.2 Å². The van der Waals surface area contributed by atoms with Crippen LogP contribution in [0.3, 0.4) is 0 Å². The Morgan fingerprint density at radius 1 is 1.28 bits per heavy atom. The molecule has 98 valence electrons. The number of aryl methyl sites for hydroxylation is 1. The maximum absolute atomic E-state index is 10.5. The molecule has 0 fully saturated rings. The summed E-state index contributed by atoms with van der Waals surface area (Å²) in [6.07, 6.45) is 2.39. The van der Waals surface area contributed by atoms with Gasteiger partial charge in [0.1, 0.15) is 0 Å². The Labute approximate surface area is 114 Å². The monoisotopic (exact) mass is 314 g/mol. The summed E-state index contributed by atoms with van der Waals surface area (Å²) in [7, 11) is 0. The molecule has 0 saturated heterocycles. The topological polar surface area (TPSA) is 55.8 Å². The first-order valence-corrected chi connectivity index (χ1v) is 6.76. The highest BCUT2D eigenvalue weighted by atomic mass is 79.9. The minimum Gasteiger partial charge on any atom is -0.490 e. The van der Waals surface area contributed by atoms with Gasteiger partial charge in [0.25, 0.3) is 0 Å². The predicted molar refractivity (Wildman–Crippen MR) is 70.3 cm³/mol. The standard InChI is InChI=1S/C13H15BrO4/c14-10-8-12-11(17-5-2-6-18-12)7-9(10)3-1-4-13(15)16/h7-8H,1-6H2,(H,15,16). The number of rotatable bonds is 4. The summed E-state index contributed by atoms with van der Waals surface area (Å²) in [5.74, 6) is 0.739. The molecular weight excluding hydrogens is 300 g/mol. The summed E-state index contributed by atoms with van der Waals surface area (Å²) in [6, 6.07) is 3.84. The van der Waals surface area contributed by atoms with Crippen molar-refractivity contribution >= 4 is 21.9 Å². The van der Waals surface area contributed by atoms with Gasteiger partial charge in [0, 0.05) is 17.3 Å². The van der Waals surface area contributed by atoms with Gasteiger partial charge >= 0.3 is 5.97 Å². The number of hydrogen-bond donors (Lipinski definition) is 1. The van der Waals surface area contributed by atoms with E-state index in [9.17, 15) is 4.79 Å². The summed E-state index contributed by atoms with van der Waals surface area (Å²) in [6.45, 7) is 1.32. The number of carboxylic acids is 1. The molecule has 0 amide bonds. The molecule has 1 aromatic carbocycles. The molecule has 2 rings (SSSR count). The second-order valence-electron chi connectivity index (χ2n) is 4.19. The van der Waals surface area contributed by atoms with E-state index in [0.717, 1.165) is 28.0 Å². The van der Waals surface area contributed by atoms with Gasteiger partial charge in [-0.1, -0.05) is 15.9 Å². The highest BCUT2D eigenvalue weighted by Crippen LogP contribution is 2.35. The van der Waals surface area contributed by atoms with Crippen LogP contribution >= 0.6 is 15.9 Å². The molecule has 0 saturated carbocycles. The van der Waals surface area contributed by atoms with Crippen molar-refractivity contribution in [3.05, 3.63) is 22.2 Å². The third-order valence-electron chi connectivity index (χ3n) is 2.75. The van der Waals surface area contributed by atoms with Gasteiger partial charge < -0.3 is 14.6 Å². The summed E-state index contributed by atoms with van der Waals surface area (Å²) in [5.41, 5.74) is 1.06. The number of halogens is 1. The van der Waals surface area contributed by atoms with E-state index in [0.29, 0.717) is 26.1 Å². The fourth-order valence-corrected chi connectivity index (χ4v) is 2.37. The molecule has 0 aliphatic carbocycles.